The minimum Gasteiger partial charge on any atom is -0.457 e. The summed E-state index contributed by atoms with van der Waals surface area (Å²) in [7, 11) is -4.17. The highest BCUT2D eigenvalue weighted by molar-refractivity contribution is 7.92. The Morgan fingerprint density at radius 1 is 0.826 bits per heavy atom. The Hall–Kier alpha value is -4.63. The molecule has 0 radical (unpaired) electrons. The van der Waals surface area contributed by atoms with Gasteiger partial charge in [0.1, 0.15) is 24.1 Å². The average Bonchev–Trinajstić information content (AvgIpc) is 3.58. The van der Waals surface area contributed by atoms with Gasteiger partial charge in [0.05, 0.1) is 10.6 Å². The number of amides is 2. The number of carbonyl (C=O) groups excluding carboxylic acids is 2. The van der Waals surface area contributed by atoms with Crippen LogP contribution in [0.25, 0.3) is 0 Å². The maximum absolute atomic E-state index is 14.3. The lowest BCUT2D eigenvalue weighted by Crippen LogP contribution is -2.53. The van der Waals surface area contributed by atoms with Crippen LogP contribution in [-0.2, 0) is 26.2 Å². The zero-order valence-electron chi connectivity index (χ0n) is 26.3. The lowest BCUT2D eigenvalue weighted by molar-refractivity contribution is -0.140. The lowest BCUT2D eigenvalue weighted by atomic mass is 10.1. The maximum Gasteiger partial charge on any atom is 0.264 e. The van der Waals surface area contributed by atoms with Gasteiger partial charge in [-0.25, -0.2) is 8.42 Å². The largest absolute Gasteiger partial charge is 0.457 e. The summed E-state index contributed by atoms with van der Waals surface area (Å²) >= 11 is 0. The van der Waals surface area contributed by atoms with Gasteiger partial charge >= 0.3 is 0 Å². The highest BCUT2D eigenvalue weighted by Crippen LogP contribution is 2.29. The SMILES string of the molecule is CCC(C(=O)NC1CCCC1)N(Cc1ccccc1)C(=O)CN(c1ccc(Oc2ccccc2)cc1)S(=O)(=O)c1ccc(C)cc1. The van der Waals surface area contributed by atoms with E-state index in [0.29, 0.717) is 23.6 Å². The summed E-state index contributed by atoms with van der Waals surface area (Å²) in [5, 5.41) is 3.14. The second kappa shape index (κ2) is 15.1. The second-order valence-corrected chi connectivity index (χ2v) is 13.5. The summed E-state index contributed by atoms with van der Waals surface area (Å²) in [5.74, 6) is 0.480. The molecular formula is C37H41N3O5S. The van der Waals surface area contributed by atoms with Crippen LogP contribution >= 0.6 is 0 Å². The van der Waals surface area contributed by atoms with Crippen molar-refractivity contribution in [1.82, 2.24) is 10.2 Å². The fourth-order valence-electron chi connectivity index (χ4n) is 5.74. The van der Waals surface area contributed by atoms with Crippen molar-refractivity contribution in [3.05, 3.63) is 120 Å². The van der Waals surface area contributed by atoms with Gasteiger partial charge in [0.25, 0.3) is 10.0 Å². The van der Waals surface area contributed by atoms with Crippen LogP contribution in [0.15, 0.2) is 114 Å². The van der Waals surface area contributed by atoms with Crippen LogP contribution in [0.1, 0.15) is 50.2 Å². The number of anilines is 1. The van der Waals surface area contributed by atoms with E-state index in [0.717, 1.165) is 41.1 Å². The molecule has 1 unspecified atom stereocenters. The summed E-state index contributed by atoms with van der Waals surface area (Å²) in [5.41, 5.74) is 2.06. The molecule has 0 spiro atoms. The lowest BCUT2D eigenvalue weighted by Gasteiger charge is -2.33. The summed E-state index contributed by atoms with van der Waals surface area (Å²) in [4.78, 5) is 29.5. The molecule has 1 atom stereocenters. The molecule has 1 aliphatic carbocycles. The van der Waals surface area contributed by atoms with Gasteiger partial charge < -0.3 is 15.0 Å². The Morgan fingerprint density at radius 3 is 2.02 bits per heavy atom. The highest BCUT2D eigenvalue weighted by atomic mass is 32.2. The number of para-hydroxylation sites is 1. The molecule has 0 saturated heterocycles. The molecule has 46 heavy (non-hydrogen) atoms. The van der Waals surface area contributed by atoms with Crippen LogP contribution in [-0.4, -0.2) is 43.8 Å². The second-order valence-electron chi connectivity index (χ2n) is 11.7. The molecule has 1 saturated carbocycles. The molecule has 2 amide bonds. The van der Waals surface area contributed by atoms with Crippen molar-refractivity contribution in [3.63, 3.8) is 0 Å². The summed E-state index contributed by atoms with van der Waals surface area (Å²) in [6, 6.07) is 31.2. The molecule has 0 aromatic heterocycles. The van der Waals surface area contributed by atoms with Gasteiger partial charge in [0.2, 0.25) is 11.8 Å². The van der Waals surface area contributed by atoms with Crippen molar-refractivity contribution in [3.8, 4) is 11.5 Å². The molecule has 9 heteroatoms. The summed E-state index contributed by atoms with van der Waals surface area (Å²) in [6.45, 7) is 3.43. The van der Waals surface area contributed by atoms with Gasteiger partial charge in [-0.3, -0.25) is 13.9 Å². The average molecular weight is 640 g/mol. The first kappa shape index (κ1) is 32.8. The number of carbonyl (C=O) groups is 2. The predicted octanol–water partition coefficient (Wildman–Crippen LogP) is 6.85. The number of hydrogen-bond donors (Lipinski definition) is 1. The van der Waals surface area contributed by atoms with Crippen molar-refractivity contribution < 1.29 is 22.7 Å². The fourth-order valence-corrected chi connectivity index (χ4v) is 7.15. The van der Waals surface area contributed by atoms with E-state index in [-0.39, 0.29) is 23.4 Å². The standard InChI is InChI=1S/C37H41N3O5S/c1-3-35(37(42)38-30-14-10-11-15-30)39(26-29-12-6-4-7-13-29)36(41)27-40(46(43,44)34-24-18-28(2)19-25-34)31-20-22-33(23-21-31)45-32-16-8-5-9-17-32/h4-9,12-13,16-25,30,35H,3,10-11,14-15,26-27H2,1-2H3,(H,38,42). The zero-order valence-corrected chi connectivity index (χ0v) is 27.2. The molecular weight excluding hydrogens is 598 g/mol. The molecule has 0 heterocycles. The van der Waals surface area contributed by atoms with Gasteiger partial charge in [0.15, 0.2) is 0 Å². The summed E-state index contributed by atoms with van der Waals surface area (Å²) in [6.07, 6.45) is 4.35. The van der Waals surface area contributed by atoms with Crippen LogP contribution in [0.3, 0.4) is 0 Å². The molecule has 1 aliphatic rings. The Labute approximate surface area is 272 Å². The molecule has 4 aromatic carbocycles. The Morgan fingerprint density at radius 2 is 1.41 bits per heavy atom. The van der Waals surface area contributed by atoms with Crippen molar-refractivity contribution in [1.29, 1.82) is 0 Å². The third-order valence-corrected chi connectivity index (χ3v) is 10.1. The van der Waals surface area contributed by atoms with Gasteiger partial charge in [-0.05, 0) is 80.3 Å². The fraction of sp³-hybridized carbons (Fsp3) is 0.297. The third-order valence-electron chi connectivity index (χ3n) is 8.27. The normalized spacial score (nSPS) is 14.0. The minimum absolute atomic E-state index is 0.0659. The quantitative estimate of drug-likeness (QED) is 0.173. The van der Waals surface area contributed by atoms with Gasteiger partial charge in [-0.2, -0.15) is 0 Å². The molecule has 1 fully saturated rings. The van der Waals surface area contributed by atoms with E-state index in [1.54, 1.807) is 48.5 Å². The number of hydrogen-bond acceptors (Lipinski definition) is 5. The van der Waals surface area contributed by atoms with E-state index in [2.05, 4.69) is 5.32 Å². The smallest absolute Gasteiger partial charge is 0.264 e. The monoisotopic (exact) mass is 639 g/mol. The first-order valence-corrected chi connectivity index (χ1v) is 17.2. The molecule has 1 N–H and O–H groups in total. The van der Waals surface area contributed by atoms with Crippen LogP contribution in [0.5, 0.6) is 11.5 Å². The number of rotatable bonds is 13. The third kappa shape index (κ3) is 8.14. The molecule has 0 aliphatic heterocycles. The van der Waals surface area contributed by atoms with E-state index >= 15 is 0 Å². The number of ether oxygens (including phenoxy) is 1. The van der Waals surface area contributed by atoms with E-state index < -0.39 is 28.5 Å². The van der Waals surface area contributed by atoms with Crippen LogP contribution in [0.2, 0.25) is 0 Å². The first-order chi connectivity index (χ1) is 22.2. The van der Waals surface area contributed by atoms with Gasteiger partial charge in [-0.1, -0.05) is 86.0 Å². The molecule has 4 aromatic rings. The van der Waals surface area contributed by atoms with E-state index in [1.165, 1.54) is 4.90 Å². The maximum atomic E-state index is 14.3. The summed E-state index contributed by atoms with van der Waals surface area (Å²) < 4.78 is 35.4. The van der Waals surface area contributed by atoms with E-state index in [4.69, 9.17) is 4.74 Å². The minimum atomic E-state index is -4.17. The number of sulfonamides is 1. The Kier molecular flexibility index (Phi) is 10.8. The van der Waals surface area contributed by atoms with E-state index in [1.807, 2.05) is 74.5 Å². The van der Waals surface area contributed by atoms with E-state index in [9.17, 15) is 18.0 Å². The first-order valence-electron chi connectivity index (χ1n) is 15.8. The van der Waals surface area contributed by atoms with Crippen molar-refractivity contribution >= 4 is 27.5 Å². The molecule has 8 nitrogen and oxygen atoms in total. The predicted molar refractivity (Wildman–Crippen MR) is 180 cm³/mol. The number of nitrogens with one attached hydrogen (secondary N) is 1. The van der Waals surface area contributed by atoms with Crippen molar-refractivity contribution in [2.75, 3.05) is 10.8 Å². The van der Waals surface area contributed by atoms with Crippen molar-refractivity contribution in [2.24, 2.45) is 0 Å². The van der Waals surface area contributed by atoms with Crippen LogP contribution < -0.4 is 14.4 Å². The Balaban J connectivity index is 1.48. The van der Waals surface area contributed by atoms with Crippen molar-refractivity contribution in [2.45, 2.75) is 69.5 Å². The number of nitrogens with zero attached hydrogens (tertiary/aromatic N) is 2. The highest BCUT2D eigenvalue weighted by Gasteiger charge is 2.34. The van der Waals surface area contributed by atoms with Crippen LogP contribution in [0.4, 0.5) is 5.69 Å². The molecule has 5 rings (SSSR count). The Bertz CT molecular complexity index is 1690. The number of aryl methyl sites for hydroxylation is 1. The number of benzene rings is 4. The van der Waals surface area contributed by atoms with Crippen LogP contribution in [0, 0.1) is 6.92 Å². The van der Waals surface area contributed by atoms with Gasteiger partial charge in [-0.15, -0.1) is 0 Å². The molecule has 240 valence electrons. The molecule has 0 bridgehead atoms. The van der Waals surface area contributed by atoms with Gasteiger partial charge in [0, 0.05) is 12.6 Å². The zero-order chi connectivity index (χ0) is 32.5. The topological polar surface area (TPSA) is 96.0 Å².